The van der Waals surface area contributed by atoms with Crippen LogP contribution in [-0.2, 0) is 6.42 Å². The lowest BCUT2D eigenvalue weighted by Gasteiger charge is -2.04. The molecule has 0 atom stereocenters. The number of anilines is 1. The van der Waals surface area contributed by atoms with Gasteiger partial charge in [0.25, 0.3) is 0 Å². The van der Waals surface area contributed by atoms with Crippen LogP contribution in [0, 0.1) is 6.92 Å². The Hall–Kier alpha value is -1.75. The van der Waals surface area contributed by atoms with Crippen LogP contribution < -0.4 is 5.32 Å². The van der Waals surface area contributed by atoms with Gasteiger partial charge in [0.2, 0.25) is 0 Å². The van der Waals surface area contributed by atoms with Crippen LogP contribution in [0.1, 0.15) is 28.7 Å². The van der Waals surface area contributed by atoms with E-state index in [1.165, 1.54) is 11.5 Å². The van der Waals surface area contributed by atoms with Gasteiger partial charge < -0.3 is 5.32 Å². The fraction of sp³-hybridized carbons (Fsp3) is 0.308. The first-order chi connectivity index (χ1) is 8.68. The van der Waals surface area contributed by atoms with Gasteiger partial charge in [-0.15, -0.1) is 0 Å². The van der Waals surface area contributed by atoms with Gasteiger partial charge in [-0.05, 0) is 37.5 Å². The van der Waals surface area contributed by atoms with Gasteiger partial charge in [0.1, 0.15) is 5.00 Å². The Morgan fingerprint density at radius 1 is 1.44 bits per heavy atom. The van der Waals surface area contributed by atoms with Crippen LogP contribution in [0.25, 0.3) is 0 Å². The van der Waals surface area contributed by atoms with E-state index in [2.05, 4.69) is 14.7 Å². The molecule has 0 aliphatic rings. The second-order valence-corrected chi connectivity index (χ2v) is 4.80. The fourth-order valence-electron chi connectivity index (χ4n) is 1.76. The minimum Gasteiger partial charge on any atom is -0.375 e. The summed E-state index contributed by atoms with van der Waals surface area (Å²) in [5.41, 5.74) is 2.55. The van der Waals surface area contributed by atoms with Gasteiger partial charge in [0.05, 0.1) is 11.3 Å². The van der Waals surface area contributed by atoms with E-state index in [4.69, 9.17) is 0 Å². The Morgan fingerprint density at radius 2 is 2.28 bits per heavy atom. The molecule has 0 unspecified atom stereocenters. The molecule has 0 fully saturated rings. The van der Waals surface area contributed by atoms with E-state index < -0.39 is 0 Å². The first kappa shape index (κ1) is 12.7. The van der Waals surface area contributed by atoms with Crippen molar-refractivity contribution < 1.29 is 4.79 Å². The first-order valence-corrected chi connectivity index (χ1v) is 6.57. The van der Waals surface area contributed by atoms with Gasteiger partial charge in [-0.3, -0.25) is 9.78 Å². The summed E-state index contributed by atoms with van der Waals surface area (Å²) in [5, 5.41) is 4.12. The van der Waals surface area contributed by atoms with Crippen LogP contribution in [0.3, 0.4) is 0 Å². The SMILES string of the molecule is CC(=O)c1c(C)nsc1NCCc1ccccn1. The number of carbonyl (C=O) groups excluding carboxylic acids is 1. The summed E-state index contributed by atoms with van der Waals surface area (Å²) >= 11 is 1.34. The maximum atomic E-state index is 11.5. The maximum absolute atomic E-state index is 11.5. The van der Waals surface area contributed by atoms with Gasteiger partial charge in [-0.25, -0.2) is 0 Å². The predicted octanol–water partition coefficient (Wildman–Crippen LogP) is 2.70. The minimum absolute atomic E-state index is 0.0570. The van der Waals surface area contributed by atoms with E-state index in [-0.39, 0.29) is 5.78 Å². The predicted molar refractivity (Wildman–Crippen MR) is 73.3 cm³/mol. The number of hydrogen-bond donors (Lipinski definition) is 1. The molecule has 0 radical (unpaired) electrons. The number of pyridine rings is 1. The van der Waals surface area contributed by atoms with Crippen molar-refractivity contribution in [3.05, 3.63) is 41.3 Å². The van der Waals surface area contributed by atoms with Crippen LogP contribution >= 0.6 is 11.5 Å². The maximum Gasteiger partial charge on any atom is 0.164 e. The zero-order chi connectivity index (χ0) is 13.0. The lowest BCUT2D eigenvalue weighted by Crippen LogP contribution is -2.07. The third-order valence-corrected chi connectivity index (χ3v) is 3.50. The van der Waals surface area contributed by atoms with Gasteiger partial charge in [-0.1, -0.05) is 6.07 Å². The molecule has 94 valence electrons. The quantitative estimate of drug-likeness (QED) is 0.841. The number of aryl methyl sites for hydroxylation is 1. The zero-order valence-electron chi connectivity index (χ0n) is 10.4. The van der Waals surface area contributed by atoms with Gasteiger partial charge in [0, 0.05) is 24.9 Å². The molecule has 2 aromatic heterocycles. The highest BCUT2D eigenvalue weighted by Gasteiger charge is 2.14. The van der Waals surface area contributed by atoms with Gasteiger partial charge in [0.15, 0.2) is 5.78 Å². The number of carbonyl (C=O) groups is 1. The lowest BCUT2D eigenvalue weighted by atomic mass is 10.2. The number of nitrogens with zero attached hydrogens (tertiary/aromatic N) is 2. The van der Waals surface area contributed by atoms with Crippen molar-refractivity contribution in [2.24, 2.45) is 0 Å². The number of nitrogens with one attached hydrogen (secondary N) is 1. The average molecular weight is 261 g/mol. The Morgan fingerprint density at radius 3 is 2.94 bits per heavy atom. The van der Waals surface area contributed by atoms with E-state index in [9.17, 15) is 4.79 Å². The molecule has 0 saturated heterocycles. The van der Waals surface area contributed by atoms with Crippen molar-refractivity contribution in [1.82, 2.24) is 9.36 Å². The standard InChI is InChI=1S/C13H15N3OS/c1-9-12(10(2)17)13(18-16-9)15-8-6-11-5-3-4-7-14-11/h3-5,7,15H,6,8H2,1-2H3. The minimum atomic E-state index is 0.0570. The third kappa shape index (κ3) is 2.92. The van der Waals surface area contributed by atoms with Crippen LogP contribution in [-0.4, -0.2) is 21.7 Å². The molecular weight excluding hydrogens is 246 g/mol. The monoisotopic (exact) mass is 261 g/mol. The van der Waals surface area contributed by atoms with E-state index in [0.29, 0.717) is 5.56 Å². The molecule has 0 saturated carbocycles. The summed E-state index contributed by atoms with van der Waals surface area (Å²) in [6.07, 6.45) is 2.61. The highest BCUT2D eigenvalue weighted by Crippen LogP contribution is 2.24. The van der Waals surface area contributed by atoms with Crippen LogP contribution in [0.4, 0.5) is 5.00 Å². The molecule has 0 aromatic carbocycles. The molecule has 2 aromatic rings. The fourth-order valence-corrected chi connectivity index (χ4v) is 2.62. The van der Waals surface area contributed by atoms with Gasteiger partial charge in [-0.2, -0.15) is 4.37 Å². The Bertz CT molecular complexity index is 536. The molecule has 0 aliphatic heterocycles. The number of ketones is 1. The number of Topliss-reactive ketones (excluding diaryl/α,β-unsaturated/α-hetero) is 1. The molecular formula is C13H15N3OS. The Labute approximate surface area is 110 Å². The van der Waals surface area contributed by atoms with Crippen LogP contribution in [0.15, 0.2) is 24.4 Å². The average Bonchev–Trinajstić information content (AvgIpc) is 2.72. The first-order valence-electron chi connectivity index (χ1n) is 5.79. The molecule has 5 heteroatoms. The summed E-state index contributed by atoms with van der Waals surface area (Å²) in [6, 6.07) is 5.86. The molecule has 0 amide bonds. The number of aromatic nitrogens is 2. The van der Waals surface area contributed by atoms with E-state index in [0.717, 1.165) is 29.4 Å². The van der Waals surface area contributed by atoms with Crippen molar-refractivity contribution in [2.75, 3.05) is 11.9 Å². The van der Waals surface area contributed by atoms with E-state index in [1.807, 2.05) is 25.1 Å². The molecule has 2 heterocycles. The second kappa shape index (κ2) is 5.73. The van der Waals surface area contributed by atoms with Crippen molar-refractivity contribution in [2.45, 2.75) is 20.3 Å². The Balaban J connectivity index is 1.97. The lowest BCUT2D eigenvalue weighted by molar-refractivity contribution is 0.101. The summed E-state index contributed by atoms with van der Waals surface area (Å²) in [7, 11) is 0. The van der Waals surface area contributed by atoms with Crippen LogP contribution in [0.2, 0.25) is 0 Å². The highest BCUT2D eigenvalue weighted by atomic mass is 32.1. The smallest absolute Gasteiger partial charge is 0.164 e. The van der Waals surface area contributed by atoms with E-state index in [1.54, 1.807) is 13.1 Å². The molecule has 0 spiro atoms. The molecule has 18 heavy (non-hydrogen) atoms. The van der Waals surface area contributed by atoms with E-state index >= 15 is 0 Å². The van der Waals surface area contributed by atoms with Crippen molar-refractivity contribution >= 4 is 22.3 Å². The normalized spacial score (nSPS) is 10.3. The summed E-state index contributed by atoms with van der Waals surface area (Å²) < 4.78 is 4.21. The van der Waals surface area contributed by atoms with Crippen molar-refractivity contribution in [3.8, 4) is 0 Å². The van der Waals surface area contributed by atoms with Crippen molar-refractivity contribution in [3.63, 3.8) is 0 Å². The summed E-state index contributed by atoms with van der Waals surface area (Å²) in [6.45, 7) is 4.18. The van der Waals surface area contributed by atoms with Gasteiger partial charge >= 0.3 is 0 Å². The number of rotatable bonds is 5. The third-order valence-electron chi connectivity index (χ3n) is 2.61. The van der Waals surface area contributed by atoms with Crippen molar-refractivity contribution in [1.29, 1.82) is 0 Å². The van der Waals surface area contributed by atoms with Crippen LogP contribution in [0.5, 0.6) is 0 Å². The molecule has 0 bridgehead atoms. The molecule has 4 nitrogen and oxygen atoms in total. The zero-order valence-corrected chi connectivity index (χ0v) is 11.3. The topological polar surface area (TPSA) is 54.9 Å². The summed E-state index contributed by atoms with van der Waals surface area (Å²) in [4.78, 5) is 15.7. The molecule has 1 N–H and O–H groups in total. The largest absolute Gasteiger partial charge is 0.375 e. The molecule has 2 rings (SSSR count). The number of hydrogen-bond acceptors (Lipinski definition) is 5. The second-order valence-electron chi connectivity index (χ2n) is 4.03. The Kier molecular flexibility index (Phi) is 4.04. The summed E-state index contributed by atoms with van der Waals surface area (Å²) in [5.74, 6) is 0.0570. The highest BCUT2D eigenvalue weighted by molar-refractivity contribution is 7.10. The molecule has 0 aliphatic carbocycles.